The van der Waals surface area contributed by atoms with Crippen molar-refractivity contribution in [2.75, 3.05) is 13.2 Å². The molecular weight excluding hydrogens is 196 g/mol. The summed E-state index contributed by atoms with van der Waals surface area (Å²) in [4.78, 5) is 5.58. The normalized spacial score (nSPS) is 20.8. The molecule has 0 amide bonds. The number of rotatable bonds is 4. The molecule has 1 unspecified atom stereocenters. The zero-order valence-corrected chi connectivity index (χ0v) is 9.18. The fourth-order valence-corrected chi connectivity index (χ4v) is 2.63. The van der Waals surface area contributed by atoms with Crippen LogP contribution in [0.3, 0.4) is 0 Å². The van der Waals surface area contributed by atoms with Crippen molar-refractivity contribution in [3.8, 4) is 0 Å². The van der Waals surface area contributed by atoms with Crippen LogP contribution >= 0.6 is 11.3 Å². The van der Waals surface area contributed by atoms with E-state index in [1.807, 2.05) is 12.4 Å². The number of nitrogens with zero attached hydrogens (tertiary/aromatic N) is 1. The van der Waals surface area contributed by atoms with Gasteiger partial charge in [0.25, 0.3) is 0 Å². The molecule has 14 heavy (non-hydrogen) atoms. The maximum atomic E-state index is 9.38. The van der Waals surface area contributed by atoms with Crippen molar-refractivity contribution in [1.29, 1.82) is 0 Å². The molecule has 1 fully saturated rings. The van der Waals surface area contributed by atoms with Crippen LogP contribution in [-0.4, -0.2) is 23.2 Å². The number of aliphatic hydroxyl groups excluding tert-OH is 1. The molecule has 0 spiro atoms. The van der Waals surface area contributed by atoms with Gasteiger partial charge in [-0.15, -0.1) is 11.3 Å². The number of hydrogen-bond acceptors (Lipinski definition) is 4. The third-order valence-corrected chi connectivity index (χ3v) is 4.06. The van der Waals surface area contributed by atoms with Gasteiger partial charge >= 0.3 is 0 Å². The van der Waals surface area contributed by atoms with Crippen LogP contribution in [0.2, 0.25) is 0 Å². The van der Waals surface area contributed by atoms with Gasteiger partial charge in [0.15, 0.2) is 0 Å². The van der Waals surface area contributed by atoms with E-state index >= 15 is 0 Å². The first-order valence-electron chi connectivity index (χ1n) is 4.96. The van der Waals surface area contributed by atoms with E-state index < -0.39 is 0 Å². The molecule has 0 radical (unpaired) electrons. The number of aliphatic hydroxyl groups is 1. The van der Waals surface area contributed by atoms with Crippen molar-refractivity contribution in [2.24, 2.45) is 5.73 Å². The number of thiazole rings is 1. The number of aromatic nitrogens is 1. The second-order valence-corrected chi connectivity index (χ2v) is 5.12. The van der Waals surface area contributed by atoms with Crippen molar-refractivity contribution in [2.45, 2.75) is 31.1 Å². The molecule has 0 aromatic carbocycles. The summed E-state index contributed by atoms with van der Waals surface area (Å²) in [7, 11) is 0. The SMILES string of the molecule is CC(CN)(CO)c1scnc1C1CC1. The average Bonchev–Trinajstić information content (AvgIpc) is 2.95. The lowest BCUT2D eigenvalue weighted by Crippen LogP contribution is -2.35. The lowest BCUT2D eigenvalue weighted by molar-refractivity contribution is 0.212. The van der Waals surface area contributed by atoms with Crippen LogP contribution < -0.4 is 5.73 Å². The Bertz CT molecular complexity index is 316. The summed E-state index contributed by atoms with van der Waals surface area (Å²) >= 11 is 1.62. The maximum Gasteiger partial charge on any atom is 0.0798 e. The van der Waals surface area contributed by atoms with Crippen molar-refractivity contribution in [3.63, 3.8) is 0 Å². The molecular formula is C10H16N2OS. The van der Waals surface area contributed by atoms with Crippen LogP contribution in [0.5, 0.6) is 0 Å². The van der Waals surface area contributed by atoms with Crippen LogP contribution in [0, 0.1) is 0 Å². The van der Waals surface area contributed by atoms with Crippen molar-refractivity contribution in [1.82, 2.24) is 4.98 Å². The summed E-state index contributed by atoms with van der Waals surface area (Å²) in [5, 5.41) is 9.38. The smallest absolute Gasteiger partial charge is 0.0798 e. The molecule has 3 N–H and O–H groups in total. The van der Waals surface area contributed by atoms with Crippen molar-refractivity contribution >= 4 is 11.3 Å². The molecule has 1 saturated carbocycles. The Balaban J connectivity index is 2.33. The second-order valence-electron chi connectivity index (χ2n) is 4.26. The molecule has 1 heterocycles. The van der Waals surface area contributed by atoms with Gasteiger partial charge in [0.2, 0.25) is 0 Å². The summed E-state index contributed by atoms with van der Waals surface area (Å²) < 4.78 is 0. The van der Waals surface area contributed by atoms with Crippen LogP contribution in [0.25, 0.3) is 0 Å². The van der Waals surface area contributed by atoms with E-state index in [9.17, 15) is 5.11 Å². The lowest BCUT2D eigenvalue weighted by Gasteiger charge is -2.24. The minimum atomic E-state index is -0.293. The van der Waals surface area contributed by atoms with Gasteiger partial charge in [-0.25, -0.2) is 4.98 Å². The number of hydrogen-bond donors (Lipinski definition) is 2. The molecule has 1 atom stereocenters. The van der Waals surface area contributed by atoms with E-state index in [2.05, 4.69) is 4.98 Å². The Morgan fingerprint density at radius 3 is 2.93 bits per heavy atom. The first kappa shape index (κ1) is 10.1. The van der Waals surface area contributed by atoms with E-state index in [0.29, 0.717) is 12.5 Å². The predicted octanol–water partition coefficient (Wildman–Crippen LogP) is 1.23. The first-order valence-corrected chi connectivity index (χ1v) is 5.84. The third kappa shape index (κ3) is 1.58. The van der Waals surface area contributed by atoms with Gasteiger partial charge in [-0.05, 0) is 12.8 Å². The van der Waals surface area contributed by atoms with E-state index in [0.717, 1.165) is 0 Å². The quantitative estimate of drug-likeness (QED) is 0.789. The minimum absolute atomic E-state index is 0.103. The zero-order chi connectivity index (χ0) is 10.2. The molecule has 78 valence electrons. The van der Waals surface area contributed by atoms with Crippen LogP contribution in [-0.2, 0) is 5.41 Å². The van der Waals surface area contributed by atoms with Crippen LogP contribution in [0.1, 0.15) is 36.3 Å². The molecule has 0 aliphatic heterocycles. The summed E-state index contributed by atoms with van der Waals surface area (Å²) in [5.41, 5.74) is 8.47. The average molecular weight is 212 g/mol. The molecule has 0 bridgehead atoms. The second kappa shape index (κ2) is 3.61. The maximum absolute atomic E-state index is 9.38. The standard InChI is InChI=1S/C10H16N2OS/c1-10(4-11,5-13)9-8(7-2-3-7)12-6-14-9/h6-7,13H,2-5,11H2,1H3. The molecule has 3 nitrogen and oxygen atoms in total. The van der Waals surface area contributed by atoms with Gasteiger partial charge < -0.3 is 10.8 Å². The molecule has 1 aromatic rings. The topological polar surface area (TPSA) is 59.1 Å². The van der Waals surface area contributed by atoms with Gasteiger partial charge in [-0.1, -0.05) is 6.92 Å². The third-order valence-electron chi connectivity index (χ3n) is 2.91. The van der Waals surface area contributed by atoms with Gasteiger partial charge in [-0.2, -0.15) is 0 Å². The van der Waals surface area contributed by atoms with Gasteiger partial charge in [-0.3, -0.25) is 0 Å². The number of nitrogens with two attached hydrogens (primary N) is 1. The molecule has 1 aliphatic rings. The highest BCUT2D eigenvalue weighted by Crippen LogP contribution is 2.44. The largest absolute Gasteiger partial charge is 0.395 e. The van der Waals surface area contributed by atoms with E-state index in [1.165, 1.54) is 23.4 Å². The van der Waals surface area contributed by atoms with Gasteiger partial charge in [0.05, 0.1) is 17.8 Å². The Kier molecular flexibility index (Phi) is 2.60. The van der Waals surface area contributed by atoms with E-state index in [1.54, 1.807) is 11.3 Å². The van der Waals surface area contributed by atoms with Gasteiger partial charge in [0, 0.05) is 22.8 Å². The Labute approximate surface area is 88.0 Å². The first-order chi connectivity index (χ1) is 6.71. The Morgan fingerprint density at radius 2 is 2.43 bits per heavy atom. The Morgan fingerprint density at radius 1 is 1.71 bits per heavy atom. The summed E-state index contributed by atoms with van der Waals surface area (Å²) in [6.45, 7) is 2.59. The Hall–Kier alpha value is -0.450. The lowest BCUT2D eigenvalue weighted by atomic mass is 9.88. The van der Waals surface area contributed by atoms with Crippen LogP contribution in [0.15, 0.2) is 5.51 Å². The van der Waals surface area contributed by atoms with Gasteiger partial charge in [0.1, 0.15) is 0 Å². The van der Waals surface area contributed by atoms with Crippen molar-refractivity contribution < 1.29 is 5.11 Å². The summed E-state index contributed by atoms with van der Waals surface area (Å²) in [6.07, 6.45) is 2.48. The fraction of sp³-hybridized carbons (Fsp3) is 0.700. The summed E-state index contributed by atoms with van der Waals surface area (Å²) in [6, 6.07) is 0. The molecule has 1 aromatic heterocycles. The van der Waals surface area contributed by atoms with E-state index in [-0.39, 0.29) is 12.0 Å². The predicted molar refractivity (Wildman–Crippen MR) is 57.6 cm³/mol. The zero-order valence-electron chi connectivity index (χ0n) is 8.36. The molecule has 1 aliphatic carbocycles. The molecule has 2 rings (SSSR count). The highest BCUT2D eigenvalue weighted by molar-refractivity contribution is 7.10. The highest BCUT2D eigenvalue weighted by atomic mass is 32.1. The summed E-state index contributed by atoms with van der Waals surface area (Å²) in [5.74, 6) is 0.633. The molecule has 4 heteroatoms. The fourth-order valence-electron chi connectivity index (χ4n) is 1.58. The molecule has 0 saturated heterocycles. The van der Waals surface area contributed by atoms with E-state index in [4.69, 9.17) is 5.73 Å². The highest BCUT2D eigenvalue weighted by Gasteiger charge is 2.35. The monoisotopic (exact) mass is 212 g/mol. The van der Waals surface area contributed by atoms with Crippen molar-refractivity contribution in [3.05, 3.63) is 16.1 Å². The van der Waals surface area contributed by atoms with Crippen LogP contribution in [0.4, 0.5) is 0 Å². The minimum Gasteiger partial charge on any atom is -0.395 e.